The van der Waals surface area contributed by atoms with Gasteiger partial charge in [-0.3, -0.25) is 4.79 Å². The Kier molecular flexibility index (Phi) is 5.72. The molecule has 0 aliphatic carbocycles. The molecule has 7 nitrogen and oxygen atoms in total. The summed E-state index contributed by atoms with van der Waals surface area (Å²) in [5.74, 6) is 1.18. The summed E-state index contributed by atoms with van der Waals surface area (Å²) in [5.41, 5.74) is 1.62. The monoisotopic (exact) mass is 408 g/mol. The van der Waals surface area contributed by atoms with Gasteiger partial charge in [-0.2, -0.15) is 0 Å². The van der Waals surface area contributed by atoms with E-state index >= 15 is 0 Å². The fraction of sp³-hybridized carbons (Fsp3) is 0.304. The Hall–Kier alpha value is -3.32. The normalized spacial score (nSPS) is 14.7. The van der Waals surface area contributed by atoms with Crippen LogP contribution in [0.3, 0.4) is 0 Å². The van der Waals surface area contributed by atoms with Crippen molar-refractivity contribution in [2.45, 2.75) is 0 Å². The third-order valence-electron chi connectivity index (χ3n) is 5.34. The number of hydrogen-bond donors (Lipinski definition) is 0. The van der Waals surface area contributed by atoms with Crippen LogP contribution in [0.1, 0.15) is 0 Å². The molecule has 2 heterocycles. The lowest BCUT2D eigenvalue weighted by Gasteiger charge is -2.32. The lowest BCUT2D eigenvalue weighted by Crippen LogP contribution is -2.48. The molecule has 1 aliphatic rings. The number of rotatable bonds is 5. The van der Waals surface area contributed by atoms with Gasteiger partial charge < -0.3 is 23.7 Å². The summed E-state index contributed by atoms with van der Waals surface area (Å²) >= 11 is 0. The fourth-order valence-electron chi connectivity index (χ4n) is 3.53. The molecule has 1 fully saturated rings. The number of piperazine rings is 1. The summed E-state index contributed by atoms with van der Waals surface area (Å²) < 4.78 is 16.3. The number of amides is 1. The predicted molar refractivity (Wildman–Crippen MR) is 114 cm³/mol. The first-order chi connectivity index (χ1) is 14.5. The van der Waals surface area contributed by atoms with Gasteiger partial charge in [0, 0.05) is 43.7 Å². The van der Waals surface area contributed by atoms with E-state index < -0.39 is 5.63 Å². The number of ether oxygens (including phenoxy) is 2. The molecule has 1 aromatic heterocycles. The number of fused-ring (bicyclic) bond motifs is 1. The van der Waals surface area contributed by atoms with Crippen molar-refractivity contribution in [3.8, 4) is 22.6 Å². The smallest absolute Gasteiger partial charge is 0.336 e. The third-order valence-corrected chi connectivity index (χ3v) is 5.34. The first kappa shape index (κ1) is 20.0. The zero-order chi connectivity index (χ0) is 21.1. The van der Waals surface area contributed by atoms with Gasteiger partial charge in [0.1, 0.15) is 17.1 Å². The van der Waals surface area contributed by atoms with E-state index in [1.165, 1.54) is 6.07 Å². The topological polar surface area (TPSA) is 72.2 Å². The van der Waals surface area contributed by atoms with E-state index in [-0.39, 0.29) is 12.5 Å². The molecule has 0 N–H and O–H groups in total. The standard InChI is InChI=1S/C23H24N2O5/c1-24-9-11-25(12-10-24)22(26)15-29-18-7-8-19-20(14-23(27)30-21(19)13-18)16-3-5-17(28-2)6-4-16/h3-8,13-14H,9-12,15H2,1-2H3. The van der Waals surface area contributed by atoms with Crippen LogP contribution in [0.5, 0.6) is 11.5 Å². The highest BCUT2D eigenvalue weighted by Crippen LogP contribution is 2.30. The van der Waals surface area contributed by atoms with Crippen molar-refractivity contribution in [1.29, 1.82) is 0 Å². The minimum absolute atomic E-state index is 0.0440. The minimum Gasteiger partial charge on any atom is -0.497 e. The molecule has 4 rings (SSSR count). The van der Waals surface area contributed by atoms with E-state index in [1.807, 2.05) is 42.3 Å². The summed E-state index contributed by atoms with van der Waals surface area (Å²) in [4.78, 5) is 28.5. The van der Waals surface area contributed by atoms with Crippen LogP contribution >= 0.6 is 0 Å². The molecular formula is C23H24N2O5. The van der Waals surface area contributed by atoms with Crippen molar-refractivity contribution in [3.05, 3.63) is 59.0 Å². The lowest BCUT2D eigenvalue weighted by molar-refractivity contribution is -0.134. The molecule has 0 atom stereocenters. The number of likely N-dealkylation sites (N-methyl/N-ethyl adjacent to an activating group) is 1. The van der Waals surface area contributed by atoms with Gasteiger partial charge >= 0.3 is 5.63 Å². The van der Waals surface area contributed by atoms with Gasteiger partial charge in [0.2, 0.25) is 0 Å². The number of carbonyl (C=O) groups excluding carboxylic acids is 1. The molecule has 1 amide bonds. The highest BCUT2D eigenvalue weighted by atomic mass is 16.5. The average Bonchev–Trinajstić information content (AvgIpc) is 2.77. The summed E-state index contributed by atoms with van der Waals surface area (Å²) in [5, 5.41) is 0.789. The minimum atomic E-state index is -0.445. The Morgan fingerprint density at radius 2 is 1.70 bits per heavy atom. The molecule has 7 heteroatoms. The number of carbonyl (C=O) groups is 1. The second-order valence-corrected chi connectivity index (χ2v) is 7.34. The average molecular weight is 408 g/mol. The second kappa shape index (κ2) is 8.59. The van der Waals surface area contributed by atoms with Crippen LogP contribution in [-0.4, -0.2) is 62.7 Å². The molecule has 0 spiro atoms. The Labute approximate surface area is 174 Å². The Bertz CT molecular complexity index is 1100. The van der Waals surface area contributed by atoms with Crippen LogP contribution in [-0.2, 0) is 4.79 Å². The maximum absolute atomic E-state index is 12.4. The van der Waals surface area contributed by atoms with E-state index in [9.17, 15) is 9.59 Å². The van der Waals surface area contributed by atoms with Crippen LogP contribution in [0.25, 0.3) is 22.1 Å². The molecule has 0 saturated carbocycles. The van der Waals surface area contributed by atoms with E-state index in [0.29, 0.717) is 24.4 Å². The molecule has 30 heavy (non-hydrogen) atoms. The summed E-state index contributed by atoms with van der Waals surface area (Å²) in [7, 11) is 3.65. The zero-order valence-corrected chi connectivity index (χ0v) is 17.1. The van der Waals surface area contributed by atoms with Crippen LogP contribution < -0.4 is 15.1 Å². The first-order valence-electron chi connectivity index (χ1n) is 9.85. The summed E-state index contributed by atoms with van der Waals surface area (Å²) in [6.07, 6.45) is 0. The number of hydrogen-bond acceptors (Lipinski definition) is 6. The molecule has 1 aliphatic heterocycles. The largest absolute Gasteiger partial charge is 0.497 e. The van der Waals surface area contributed by atoms with Crippen molar-refractivity contribution in [1.82, 2.24) is 9.80 Å². The van der Waals surface area contributed by atoms with Crippen LogP contribution in [0, 0.1) is 0 Å². The van der Waals surface area contributed by atoms with Gasteiger partial charge in [-0.1, -0.05) is 12.1 Å². The Balaban J connectivity index is 1.54. The Morgan fingerprint density at radius 1 is 1.00 bits per heavy atom. The summed E-state index contributed by atoms with van der Waals surface area (Å²) in [6, 6.07) is 14.2. The maximum atomic E-state index is 12.4. The molecule has 0 radical (unpaired) electrons. The molecule has 156 valence electrons. The van der Waals surface area contributed by atoms with Crippen LogP contribution in [0.4, 0.5) is 0 Å². The van der Waals surface area contributed by atoms with Crippen molar-refractivity contribution in [2.24, 2.45) is 0 Å². The van der Waals surface area contributed by atoms with Gasteiger partial charge in [-0.15, -0.1) is 0 Å². The number of methoxy groups -OCH3 is 1. The molecule has 3 aromatic rings. The molecule has 2 aromatic carbocycles. The van der Waals surface area contributed by atoms with E-state index in [1.54, 1.807) is 19.2 Å². The van der Waals surface area contributed by atoms with Crippen LogP contribution in [0.15, 0.2) is 57.7 Å². The maximum Gasteiger partial charge on any atom is 0.336 e. The van der Waals surface area contributed by atoms with E-state index in [0.717, 1.165) is 35.4 Å². The van der Waals surface area contributed by atoms with Gasteiger partial charge in [0.25, 0.3) is 5.91 Å². The van der Waals surface area contributed by atoms with Gasteiger partial charge in [-0.25, -0.2) is 4.79 Å². The molecule has 1 saturated heterocycles. The highest BCUT2D eigenvalue weighted by molar-refractivity contribution is 5.93. The van der Waals surface area contributed by atoms with Gasteiger partial charge in [-0.05, 0) is 42.4 Å². The Morgan fingerprint density at radius 3 is 2.40 bits per heavy atom. The number of benzene rings is 2. The van der Waals surface area contributed by atoms with Crippen LogP contribution in [0.2, 0.25) is 0 Å². The van der Waals surface area contributed by atoms with E-state index in [2.05, 4.69) is 4.90 Å². The van der Waals surface area contributed by atoms with Crippen molar-refractivity contribution in [2.75, 3.05) is 46.9 Å². The van der Waals surface area contributed by atoms with Crippen molar-refractivity contribution < 1.29 is 18.7 Å². The van der Waals surface area contributed by atoms with E-state index in [4.69, 9.17) is 13.9 Å². The van der Waals surface area contributed by atoms with Gasteiger partial charge in [0.05, 0.1) is 7.11 Å². The number of nitrogens with zero attached hydrogens (tertiary/aromatic N) is 2. The SMILES string of the molecule is COc1ccc(-c2cc(=O)oc3cc(OCC(=O)N4CCN(C)CC4)ccc23)cc1. The molecule has 0 bridgehead atoms. The molecule has 0 unspecified atom stereocenters. The highest BCUT2D eigenvalue weighted by Gasteiger charge is 2.19. The summed E-state index contributed by atoms with van der Waals surface area (Å²) in [6.45, 7) is 3.09. The molecular weight excluding hydrogens is 384 g/mol. The second-order valence-electron chi connectivity index (χ2n) is 7.34. The fourth-order valence-corrected chi connectivity index (χ4v) is 3.53. The van der Waals surface area contributed by atoms with Crippen molar-refractivity contribution >= 4 is 16.9 Å². The van der Waals surface area contributed by atoms with Gasteiger partial charge in [0.15, 0.2) is 6.61 Å². The predicted octanol–water partition coefficient (Wildman–Crippen LogP) is 2.62. The lowest BCUT2D eigenvalue weighted by atomic mass is 10.0. The quantitative estimate of drug-likeness (QED) is 0.605. The van der Waals surface area contributed by atoms with Crippen molar-refractivity contribution in [3.63, 3.8) is 0 Å². The first-order valence-corrected chi connectivity index (χ1v) is 9.85. The zero-order valence-electron chi connectivity index (χ0n) is 17.1. The third kappa shape index (κ3) is 4.31.